The molecule has 0 bridgehead atoms. The summed E-state index contributed by atoms with van der Waals surface area (Å²) in [4.78, 5) is 12.0. The highest BCUT2D eigenvalue weighted by atomic mass is 32.2. The third-order valence-corrected chi connectivity index (χ3v) is 4.13. The number of rotatable bonds is 6. The molecule has 0 aliphatic rings. The molecule has 1 N–H and O–H groups in total. The highest BCUT2D eigenvalue weighted by Gasteiger charge is 2.30. The Morgan fingerprint density at radius 1 is 1.33 bits per heavy atom. The van der Waals surface area contributed by atoms with Crippen LogP contribution in [0.25, 0.3) is 0 Å². The largest absolute Gasteiger partial charge is 0.464 e. The van der Waals surface area contributed by atoms with Crippen molar-refractivity contribution in [1.82, 2.24) is 5.32 Å². The molecule has 0 fully saturated rings. The number of hydrogen-bond donors (Lipinski definition) is 1. The summed E-state index contributed by atoms with van der Waals surface area (Å²) in [5.74, 6) is 1.14. The summed E-state index contributed by atoms with van der Waals surface area (Å²) in [6.07, 6.45) is 1.88. The molecule has 1 aromatic rings. The van der Waals surface area contributed by atoms with Crippen molar-refractivity contribution in [1.29, 1.82) is 0 Å². The molecule has 0 spiro atoms. The number of furan rings is 1. The van der Waals surface area contributed by atoms with Gasteiger partial charge < -0.3 is 9.73 Å². The fraction of sp³-hybridized carbons (Fsp3) is 0.667. The number of carbonyl (C=O) groups excluding carboxylic acids is 1. The van der Waals surface area contributed by atoms with E-state index in [-0.39, 0.29) is 29.5 Å². The lowest BCUT2D eigenvalue weighted by atomic mass is 9.85. The molecule has 6 heteroatoms. The van der Waals surface area contributed by atoms with Gasteiger partial charge in [0.05, 0.1) is 11.8 Å². The number of aryl methyl sites for hydroxylation is 1. The lowest BCUT2D eigenvalue weighted by Crippen LogP contribution is -2.37. The zero-order chi connectivity index (χ0) is 16.3. The van der Waals surface area contributed by atoms with Crippen molar-refractivity contribution < 1.29 is 17.6 Å². The Hall–Kier alpha value is -1.30. The summed E-state index contributed by atoms with van der Waals surface area (Å²) in [6.45, 7) is 8.01. The average Bonchev–Trinajstić information content (AvgIpc) is 2.79. The van der Waals surface area contributed by atoms with Crippen LogP contribution in [0.3, 0.4) is 0 Å². The first-order valence-electron chi connectivity index (χ1n) is 7.08. The second-order valence-electron chi connectivity index (χ2n) is 6.40. The van der Waals surface area contributed by atoms with Gasteiger partial charge in [0.25, 0.3) is 0 Å². The normalized spacial score (nSPS) is 14.0. The third-order valence-electron chi connectivity index (χ3n) is 3.19. The summed E-state index contributed by atoms with van der Waals surface area (Å²) in [5.41, 5.74) is -0.233. The van der Waals surface area contributed by atoms with E-state index in [1.54, 1.807) is 0 Å². The van der Waals surface area contributed by atoms with Crippen molar-refractivity contribution in [3.63, 3.8) is 0 Å². The summed E-state index contributed by atoms with van der Waals surface area (Å²) >= 11 is 0. The van der Waals surface area contributed by atoms with Crippen LogP contribution in [-0.2, 0) is 21.1 Å². The summed E-state index contributed by atoms with van der Waals surface area (Å²) < 4.78 is 28.0. The molecule has 1 rings (SSSR count). The quantitative estimate of drug-likeness (QED) is 0.875. The summed E-state index contributed by atoms with van der Waals surface area (Å²) in [7, 11) is -3.14. The predicted octanol–water partition coefficient (Wildman–Crippen LogP) is 2.48. The van der Waals surface area contributed by atoms with Crippen LogP contribution in [0.1, 0.15) is 51.7 Å². The van der Waals surface area contributed by atoms with E-state index < -0.39 is 9.84 Å². The molecule has 0 aromatic carbocycles. The van der Waals surface area contributed by atoms with Gasteiger partial charge in [-0.05, 0) is 17.5 Å². The predicted molar refractivity (Wildman–Crippen MR) is 82.8 cm³/mol. The van der Waals surface area contributed by atoms with Crippen molar-refractivity contribution in [3.05, 3.63) is 23.7 Å². The molecule has 0 radical (unpaired) electrons. The van der Waals surface area contributed by atoms with Gasteiger partial charge in [-0.2, -0.15) is 0 Å². The molecule has 0 saturated carbocycles. The van der Waals surface area contributed by atoms with Gasteiger partial charge >= 0.3 is 0 Å². The highest BCUT2D eigenvalue weighted by molar-refractivity contribution is 7.90. The van der Waals surface area contributed by atoms with Gasteiger partial charge in [0, 0.05) is 19.1 Å². The maximum Gasteiger partial charge on any atom is 0.221 e. The molecule has 0 unspecified atom stereocenters. The Morgan fingerprint density at radius 3 is 2.38 bits per heavy atom. The Balaban J connectivity index is 2.83. The topological polar surface area (TPSA) is 76.4 Å². The second-order valence-corrected chi connectivity index (χ2v) is 8.66. The molecular weight excluding hydrogens is 290 g/mol. The van der Waals surface area contributed by atoms with Gasteiger partial charge in [0.15, 0.2) is 0 Å². The van der Waals surface area contributed by atoms with E-state index in [4.69, 9.17) is 4.42 Å². The number of nitrogens with one attached hydrogen (secondary N) is 1. The van der Waals surface area contributed by atoms with E-state index in [1.807, 2.05) is 39.8 Å². The Labute approximate surface area is 127 Å². The number of carbonyl (C=O) groups is 1. The zero-order valence-electron chi connectivity index (χ0n) is 13.4. The van der Waals surface area contributed by atoms with Crippen LogP contribution < -0.4 is 5.32 Å². The van der Waals surface area contributed by atoms with Crippen LogP contribution in [0.5, 0.6) is 0 Å². The molecule has 0 aliphatic carbocycles. The van der Waals surface area contributed by atoms with Gasteiger partial charge in [-0.1, -0.05) is 27.7 Å². The molecule has 21 heavy (non-hydrogen) atoms. The Kier molecular flexibility index (Phi) is 5.61. The number of sulfone groups is 1. The van der Waals surface area contributed by atoms with E-state index in [2.05, 4.69) is 5.32 Å². The average molecular weight is 315 g/mol. The Bertz CT molecular complexity index is 581. The zero-order valence-corrected chi connectivity index (χ0v) is 14.2. The minimum atomic E-state index is -3.14. The second kappa shape index (κ2) is 6.64. The lowest BCUT2D eigenvalue weighted by Gasteiger charge is -2.30. The molecule has 120 valence electrons. The first-order valence-corrected chi connectivity index (χ1v) is 9.14. The Morgan fingerprint density at radius 2 is 1.95 bits per heavy atom. The van der Waals surface area contributed by atoms with E-state index >= 15 is 0 Å². The van der Waals surface area contributed by atoms with Crippen molar-refractivity contribution >= 4 is 15.7 Å². The van der Waals surface area contributed by atoms with Gasteiger partial charge in [0.1, 0.15) is 21.4 Å². The fourth-order valence-electron chi connectivity index (χ4n) is 1.97. The van der Waals surface area contributed by atoms with Crippen LogP contribution in [0.2, 0.25) is 0 Å². The monoisotopic (exact) mass is 315 g/mol. The van der Waals surface area contributed by atoms with Gasteiger partial charge in [-0.25, -0.2) is 8.42 Å². The van der Waals surface area contributed by atoms with Gasteiger partial charge in [0.2, 0.25) is 5.91 Å². The van der Waals surface area contributed by atoms with Crippen LogP contribution in [0, 0.1) is 5.41 Å². The summed E-state index contributed by atoms with van der Waals surface area (Å²) in [5, 5.41) is 2.89. The van der Waals surface area contributed by atoms with E-state index in [0.29, 0.717) is 5.76 Å². The SMILES string of the molecule is CCc1ccc([C@H](NC(=O)CCS(C)(=O)=O)C(C)(C)C)o1. The molecule has 1 amide bonds. The van der Waals surface area contributed by atoms with Crippen LogP contribution in [0.4, 0.5) is 0 Å². The molecule has 0 saturated heterocycles. The maximum absolute atomic E-state index is 12.0. The van der Waals surface area contributed by atoms with Gasteiger partial charge in [-0.15, -0.1) is 0 Å². The molecule has 5 nitrogen and oxygen atoms in total. The lowest BCUT2D eigenvalue weighted by molar-refractivity contribution is -0.122. The number of hydrogen-bond acceptors (Lipinski definition) is 4. The summed E-state index contributed by atoms with van der Waals surface area (Å²) in [6, 6.07) is 3.48. The van der Waals surface area contributed by atoms with Crippen molar-refractivity contribution in [2.75, 3.05) is 12.0 Å². The van der Waals surface area contributed by atoms with E-state index in [1.165, 1.54) is 0 Å². The first kappa shape index (κ1) is 17.8. The van der Waals surface area contributed by atoms with E-state index in [0.717, 1.165) is 18.4 Å². The molecular formula is C15H25NO4S. The highest BCUT2D eigenvalue weighted by Crippen LogP contribution is 2.33. The van der Waals surface area contributed by atoms with Crippen LogP contribution in [-0.4, -0.2) is 26.3 Å². The minimum Gasteiger partial charge on any atom is -0.464 e. The van der Waals surface area contributed by atoms with E-state index in [9.17, 15) is 13.2 Å². The third kappa shape index (κ3) is 5.91. The van der Waals surface area contributed by atoms with Crippen molar-refractivity contribution in [2.24, 2.45) is 5.41 Å². The fourth-order valence-corrected chi connectivity index (χ4v) is 2.52. The molecule has 0 aliphatic heterocycles. The smallest absolute Gasteiger partial charge is 0.221 e. The first-order chi connectivity index (χ1) is 9.53. The van der Waals surface area contributed by atoms with Crippen LogP contribution >= 0.6 is 0 Å². The number of amides is 1. The minimum absolute atomic E-state index is 0.0350. The molecule has 1 heterocycles. The van der Waals surface area contributed by atoms with Gasteiger partial charge in [-0.3, -0.25) is 4.79 Å². The molecule has 1 atom stereocenters. The standard InChI is InChI=1S/C15H25NO4S/c1-6-11-7-8-12(20-11)14(15(2,3)4)16-13(17)9-10-21(5,18)19/h7-8,14H,6,9-10H2,1-5H3,(H,16,17)/t14-/m0/s1. The van der Waals surface area contributed by atoms with Crippen molar-refractivity contribution in [2.45, 2.75) is 46.6 Å². The van der Waals surface area contributed by atoms with Crippen LogP contribution in [0.15, 0.2) is 16.5 Å². The molecule has 1 aromatic heterocycles. The van der Waals surface area contributed by atoms with Crippen molar-refractivity contribution in [3.8, 4) is 0 Å². The maximum atomic E-state index is 12.0.